The molecule has 0 spiro atoms. The molecule has 0 saturated carbocycles. The van der Waals surface area contributed by atoms with Crippen molar-refractivity contribution in [1.82, 2.24) is 24.9 Å². The van der Waals surface area contributed by atoms with Crippen molar-refractivity contribution in [2.75, 3.05) is 38.8 Å². The zero-order valence-electron chi connectivity index (χ0n) is 20.8. The molecular formula is C27H31ClN6O3. The van der Waals surface area contributed by atoms with Gasteiger partial charge in [-0.25, -0.2) is 4.79 Å². The van der Waals surface area contributed by atoms with Gasteiger partial charge in [-0.1, -0.05) is 41.9 Å². The second-order valence-electron chi connectivity index (χ2n) is 9.77. The number of likely N-dealkylation sites (tertiary alicyclic amines) is 1. The highest BCUT2D eigenvalue weighted by atomic mass is 35.5. The highest BCUT2D eigenvalue weighted by Gasteiger charge is 2.41. The smallest absolute Gasteiger partial charge is 0.319 e. The van der Waals surface area contributed by atoms with Crippen LogP contribution in [0.15, 0.2) is 66.5 Å². The summed E-state index contributed by atoms with van der Waals surface area (Å²) in [6, 6.07) is 15.4. The van der Waals surface area contributed by atoms with Gasteiger partial charge in [0.1, 0.15) is 11.7 Å². The van der Waals surface area contributed by atoms with Crippen LogP contribution < -0.4 is 10.6 Å². The lowest BCUT2D eigenvalue weighted by Gasteiger charge is -2.38. The minimum atomic E-state index is -0.717. The summed E-state index contributed by atoms with van der Waals surface area (Å²) in [6.07, 6.45) is 3.71. The molecule has 9 nitrogen and oxygen atoms in total. The molecule has 4 amide bonds. The van der Waals surface area contributed by atoms with Gasteiger partial charge in [-0.2, -0.15) is 0 Å². The number of nitrogens with one attached hydrogen (secondary N) is 2. The van der Waals surface area contributed by atoms with Gasteiger partial charge in [0.25, 0.3) is 5.91 Å². The lowest BCUT2D eigenvalue weighted by molar-refractivity contribution is -0.135. The first kappa shape index (κ1) is 25.0. The molecule has 3 heterocycles. The van der Waals surface area contributed by atoms with E-state index < -0.39 is 12.1 Å². The van der Waals surface area contributed by atoms with E-state index in [-0.39, 0.29) is 17.9 Å². The van der Waals surface area contributed by atoms with E-state index in [1.165, 1.54) is 0 Å². The van der Waals surface area contributed by atoms with Gasteiger partial charge < -0.3 is 30.2 Å². The lowest BCUT2D eigenvalue weighted by Crippen LogP contribution is -2.54. The number of carbonyl (C=O) groups excluding carboxylic acids is 3. The number of fused-ring (bicyclic) bond motifs is 1. The molecule has 0 radical (unpaired) electrons. The number of piperidine rings is 1. The number of amides is 4. The Labute approximate surface area is 221 Å². The van der Waals surface area contributed by atoms with Crippen LogP contribution >= 0.6 is 11.6 Å². The Hall–Kier alpha value is -3.72. The van der Waals surface area contributed by atoms with Gasteiger partial charge in [0.05, 0.1) is 13.3 Å². The summed E-state index contributed by atoms with van der Waals surface area (Å²) >= 11 is 5.93. The van der Waals surface area contributed by atoms with E-state index in [9.17, 15) is 14.4 Å². The third-order valence-electron chi connectivity index (χ3n) is 7.09. The van der Waals surface area contributed by atoms with E-state index in [2.05, 4.69) is 15.5 Å². The molecule has 0 aliphatic carbocycles. The number of benzene rings is 2. The van der Waals surface area contributed by atoms with Gasteiger partial charge in [-0.05, 0) is 42.7 Å². The first-order chi connectivity index (χ1) is 17.9. The molecule has 10 heteroatoms. The highest BCUT2D eigenvalue weighted by Crippen LogP contribution is 2.29. The number of hydrogen-bond donors (Lipinski definition) is 2. The minimum Gasteiger partial charge on any atom is -0.361 e. The number of halogens is 1. The maximum atomic E-state index is 13.6. The van der Waals surface area contributed by atoms with Gasteiger partial charge in [0.2, 0.25) is 5.91 Å². The van der Waals surface area contributed by atoms with Crippen molar-refractivity contribution in [1.29, 1.82) is 0 Å². The molecule has 2 aromatic carbocycles. The average Bonchev–Trinajstić information content (AvgIpc) is 3.41. The Morgan fingerprint density at radius 3 is 2.41 bits per heavy atom. The van der Waals surface area contributed by atoms with E-state index >= 15 is 0 Å². The number of nitrogens with zero attached hydrogens (tertiary/aromatic N) is 4. The summed E-state index contributed by atoms with van der Waals surface area (Å²) in [5, 5.41) is 6.23. The Balaban J connectivity index is 1.22. The van der Waals surface area contributed by atoms with Crippen molar-refractivity contribution >= 4 is 35.1 Å². The Morgan fingerprint density at radius 2 is 1.73 bits per heavy atom. The summed E-state index contributed by atoms with van der Waals surface area (Å²) in [7, 11) is 1.96. The van der Waals surface area contributed by atoms with E-state index in [1.807, 2.05) is 53.4 Å². The van der Waals surface area contributed by atoms with Crippen LogP contribution in [0.1, 0.15) is 18.4 Å². The third kappa shape index (κ3) is 5.67. The van der Waals surface area contributed by atoms with Crippen molar-refractivity contribution in [3.63, 3.8) is 0 Å². The Morgan fingerprint density at radius 1 is 1.03 bits per heavy atom. The van der Waals surface area contributed by atoms with E-state index in [0.29, 0.717) is 49.7 Å². The molecule has 0 bridgehead atoms. The molecule has 2 saturated heterocycles. The summed E-state index contributed by atoms with van der Waals surface area (Å²) < 4.78 is 0. The number of carbonyl (C=O) groups is 3. The fraction of sp³-hybridized carbons (Fsp3) is 0.370. The number of rotatable bonds is 6. The van der Waals surface area contributed by atoms with E-state index in [1.54, 1.807) is 29.2 Å². The number of urea groups is 1. The predicted octanol–water partition coefficient (Wildman–Crippen LogP) is 2.91. The van der Waals surface area contributed by atoms with Crippen LogP contribution in [0.2, 0.25) is 5.02 Å². The van der Waals surface area contributed by atoms with Crippen molar-refractivity contribution in [3.05, 3.63) is 77.1 Å². The zero-order valence-corrected chi connectivity index (χ0v) is 21.5. The molecule has 0 aromatic heterocycles. The fourth-order valence-electron chi connectivity index (χ4n) is 5.19. The third-order valence-corrected chi connectivity index (χ3v) is 7.34. The molecule has 37 heavy (non-hydrogen) atoms. The summed E-state index contributed by atoms with van der Waals surface area (Å²) in [5.74, 6) is -0.0529. The molecule has 1 unspecified atom stereocenters. The van der Waals surface area contributed by atoms with Crippen molar-refractivity contribution in [3.8, 4) is 0 Å². The molecule has 194 valence electrons. The molecule has 1 atom stereocenters. The standard InChI is InChI=1S/C27H31ClN6O3/c1-31-16-24-26(36)34(18-33(24)17-31)22-11-13-32(14-12-22)25(35)23(15-19-5-3-2-4-6-19)30-27(37)29-21-9-7-20(28)8-10-21/h2-10,16,22-23H,11-15,17-18H2,1H3,(H2,29,30,37). The maximum Gasteiger partial charge on any atom is 0.319 e. The van der Waals surface area contributed by atoms with Crippen LogP contribution in [0.4, 0.5) is 10.5 Å². The average molecular weight is 523 g/mol. The number of anilines is 1. The zero-order chi connectivity index (χ0) is 25.9. The number of hydrogen-bond acceptors (Lipinski definition) is 5. The van der Waals surface area contributed by atoms with Crippen LogP contribution in [0.25, 0.3) is 0 Å². The van der Waals surface area contributed by atoms with Crippen LogP contribution in [-0.2, 0) is 16.0 Å². The molecule has 2 aromatic rings. The molecule has 3 aliphatic rings. The van der Waals surface area contributed by atoms with Crippen LogP contribution in [-0.4, -0.2) is 83.0 Å². The van der Waals surface area contributed by atoms with Gasteiger partial charge in [0.15, 0.2) is 0 Å². The largest absolute Gasteiger partial charge is 0.361 e. The van der Waals surface area contributed by atoms with Crippen LogP contribution in [0.5, 0.6) is 0 Å². The maximum absolute atomic E-state index is 13.6. The molecule has 3 aliphatic heterocycles. The van der Waals surface area contributed by atoms with Crippen LogP contribution in [0.3, 0.4) is 0 Å². The second-order valence-corrected chi connectivity index (χ2v) is 10.2. The molecular weight excluding hydrogens is 492 g/mol. The lowest BCUT2D eigenvalue weighted by atomic mass is 10.0. The van der Waals surface area contributed by atoms with Gasteiger partial charge in [-0.15, -0.1) is 0 Å². The molecule has 2 fully saturated rings. The van der Waals surface area contributed by atoms with Gasteiger partial charge >= 0.3 is 6.03 Å². The first-order valence-electron chi connectivity index (χ1n) is 12.5. The first-order valence-corrected chi connectivity index (χ1v) is 12.9. The summed E-state index contributed by atoms with van der Waals surface area (Å²) in [4.78, 5) is 47.1. The Bertz CT molecular complexity index is 1180. The van der Waals surface area contributed by atoms with Crippen LogP contribution in [0, 0.1) is 0 Å². The fourth-order valence-corrected chi connectivity index (χ4v) is 5.32. The normalized spacial score (nSPS) is 18.5. The monoisotopic (exact) mass is 522 g/mol. The van der Waals surface area contributed by atoms with Crippen molar-refractivity contribution < 1.29 is 14.4 Å². The molecule has 2 N–H and O–H groups in total. The molecule has 5 rings (SSSR count). The second kappa shape index (κ2) is 10.7. The van der Waals surface area contributed by atoms with Crippen molar-refractivity contribution in [2.24, 2.45) is 0 Å². The van der Waals surface area contributed by atoms with E-state index in [4.69, 9.17) is 11.6 Å². The minimum absolute atomic E-state index is 0.0663. The Kier molecular flexibility index (Phi) is 7.23. The van der Waals surface area contributed by atoms with Gasteiger partial charge in [-0.3, -0.25) is 9.59 Å². The quantitative estimate of drug-likeness (QED) is 0.609. The highest BCUT2D eigenvalue weighted by molar-refractivity contribution is 6.30. The van der Waals surface area contributed by atoms with E-state index in [0.717, 1.165) is 17.9 Å². The predicted molar refractivity (Wildman–Crippen MR) is 141 cm³/mol. The summed E-state index contributed by atoms with van der Waals surface area (Å²) in [6.45, 7) is 2.40. The van der Waals surface area contributed by atoms with Crippen molar-refractivity contribution in [2.45, 2.75) is 31.3 Å². The topological polar surface area (TPSA) is 88.2 Å². The SMILES string of the molecule is CN1C=C2C(=O)N(C3CCN(C(=O)C(Cc4ccccc4)NC(=O)Nc4ccc(Cl)cc4)CC3)CN2C1. The summed E-state index contributed by atoms with van der Waals surface area (Å²) in [5.41, 5.74) is 2.30. The van der Waals surface area contributed by atoms with Gasteiger partial charge in [0, 0.05) is 49.5 Å².